The Morgan fingerprint density at radius 2 is 1.75 bits per heavy atom. The average Bonchev–Trinajstić information content (AvgIpc) is 3.28. The summed E-state index contributed by atoms with van der Waals surface area (Å²) in [6.07, 6.45) is 0. The van der Waals surface area contributed by atoms with Crippen LogP contribution in [0.2, 0.25) is 0 Å². The van der Waals surface area contributed by atoms with Gasteiger partial charge in [0.05, 0.1) is 11.4 Å². The maximum atomic E-state index is 13.7. The number of benzene rings is 2. The van der Waals surface area contributed by atoms with Crippen LogP contribution in [0.4, 0.5) is 5.69 Å². The Balaban J connectivity index is 1.96. The summed E-state index contributed by atoms with van der Waals surface area (Å²) in [5, 5.41) is 2.91. The Kier molecular flexibility index (Phi) is 8.18. The molecule has 2 aromatic rings. The van der Waals surface area contributed by atoms with E-state index in [2.05, 4.69) is 5.32 Å². The third-order valence-corrected chi connectivity index (χ3v) is 7.63. The first kappa shape index (κ1) is 27.3. The molecular weight excluding hydrogens is 482 g/mol. The second-order valence-corrected chi connectivity index (χ2v) is 12.0. The molecule has 0 aromatic heterocycles. The molecule has 2 aromatic carbocycles. The van der Waals surface area contributed by atoms with Crippen LogP contribution in [0.3, 0.4) is 0 Å². The molecule has 1 aliphatic heterocycles. The fourth-order valence-corrected chi connectivity index (χ4v) is 4.84. The van der Waals surface area contributed by atoms with Gasteiger partial charge in [-0.25, -0.2) is 8.42 Å². The summed E-state index contributed by atoms with van der Waals surface area (Å²) in [5.41, 5.74) is 1.63. The van der Waals surface area contributed by atoms with Gasteiger partial charge in [-0.1, -0.05) is 24.3 Å². The van der Waals surface area contributed by atoms with Crippen molar-refractivity contribution in [1.82, 2.24) is 10.2 Å². The monoisotopic (exact) mass is 517 g/mol. The molecule has 0 unspecified atom stereocenters. The average molecular weight is 518 g/mol. The lowest BCUT2D eigenvalue weighted by atomic mass is 10.1. The minimum absolute atomic E-state index is 0.0445. The van der Waals surface area contributed by atoms with Gasteiger partial charge < -0.3 is 19.7 Å². The number of ether oxygens (including phenoxy) is 2. The smallest absolute Gasteiger partial charge is 0.244 e. The highest BCUT2D eigenvalue weighted by molar-refractivity contribution is 7.92. The van der Waals surface area contributed by atoms with Crippen LogP contribution < -0.4 is 19.1 Å². The summed E-state index contributed by atoms with van der Waals surface area (Å²) in [7, 11) is -3.83. The molecule has 10 heteroatoms. The van der Waals surface area contributed by atoms with Crippen molar-refractivity contribution < 1.29 is 27.5 Å². The van der Waals surface area contributed by atoms with Gasteiger partial charge in [-0.15, -0.1) is 0 Å². The van der Waals surface area contributed by atoms with Gasteiger partial charge in [-0.2, -0.15) is 0 Å². The second kappa shape index (κ2) is 10.8. The van der Waals surface area contributed by atoms with Crippen molar-refractivity contribution in [2.75, 3.05) is 23.4 Å². The number of carbonyl (C=O) groups is 2. The summed E-state index contributed by atoms with van der Waals surface area (Å²) >= 11 is 0. The maximum Gasteiger partial charge on any atom is 0.244 e. The third-order valence-electron chi connectivity index (χ3n) is 5.89. The molecule has 1 N–H and O–H groups in total. The molecule has 0 saturated heterocycles. The Morgan fingerprint density at radius 3 is 2.39 bits per heavy atom. The lowest BCUT2D eigenvalue weighted by Crippen LogP contribution is -2.54. The van der Waals surface area contributed by atoms with Crippen LogP contribution in [-0.4, -0.2) is 55.8 Å². The minimum Gasteiger partial charge on any atom is -0.454 e. The minimum atomic E-state index is -3.83. The van der Waals surface area contributed by atoms with Crippen molar-refractivity contribution in [3.05, 3.63) is 53.6 Å². The third kappa shape index (κ3) is 6.48. The Hall–Kier alpha value is -3.27. The number of nitrogens with zero attached hydrogens (tertiary/aromatic N) is 2. The van der Waals surface area contributed by atoms with E-state index in [4.69, 9.17) is 9.47 Å². The van der Waals surface area contributed by atoms with Crippen molar-refractivity contribution in [2.45, 2.75) is 59.7 Å². The van der Waals surface area contributed by atoms with Gasteiger partial charge >= 0.3 is 0 Å². The van der Waals surface area contributed by atoms with Gasteiger partial charge in [-0.05, 0) is 64.8 Å². The number of anilines is 1. The lowest BCUT2D eigenvalue weighted by Gasteiger charge is -2.33. The van der Waals surface area contributed by atoms with E-state index in [-0.39, 0.29) is 30.7 Å². The number of hydrogen-bond acceptors (Lipinski definition) is 6. The first-order valence-electron chi connectivity index (χ1n) is 11.9. The normalized spacial score (nSPS) is 13.7. The molecule has 1 atom stereocenters. The molecule has 0 fully saturated rings. The number of aryl methyl sites for hydroxylation is 1. The Morgan fingerprint density at radius 1 is 1.08 bits per heavy atom. The van der Waals surface area contributed by atoms with Crippen LogP contribution in [0.5, 0.6) is 11.5 Å². The topological polar surface area (TPSA) is 105 Å². The van der Waals surface area contributed by atoms with Gasteiger partial charge in [0.25, 0.3) is 0 Å². The first-order valence-corrected chi connectivity index (χ1v) is 13.5. The molecule has 1 heterocycles. The number of fused-ring (bicyclic) bond motifs is 1. The zero-order valence-corrected chi connectivity index (χ0v) is 22.5. The molecule has 196 valence electrons. The molecule has 3 rings (SSSR count). The van der Waals surface area contributed by atoms with E-state index in [1.165, 1.54) is 11.8 Å². The van der Waals surface area contributed by atoms with E-state index in [0.717, 1.165) is 15.4 Å². The lowest BCUT2D eigenvalue weighted by molar-refractivity contribution is -0.140. The van der Waals surface area contributed by atoms with Gasteiger partial charge in [0.2, 0.25) is 28.6 Å². The maximum absolute atomic E-state index is 13.7. The van der Waals surface area contributed by atoms with E-state index in [9.17, 15) is 18.0 Å². The molecule has 0 radical (unpaired) electrons. The largest absolute Gasteiger partial charge is 0.454 e. The van der Waals surface area contributed by atoms with Crippen molar-refractivity contribution in [1.29, 1.82) is 0 Å². The fourth-order valence-electron chi connectivity index (χ4n) is 3.79. The number of sulfonamides is 1. The van der Waals surface area contributed by atoms with Crippen molar-refractivity contribution in [3.8, 4) is 11.5 Å². The summed E-state index contributed by atoms with van der Waals surface area (Å²) in [4.78, 5) is 28.2. The number of carbonyl (C=O) groups excluding carboxylic acids is 2. The van der Waals surface area contributed by atoms with E-state index >= 15 is 0 Å². The van der Waals surface area contributed by atoms with Crippen LogP contribution in [0, 0.1) is 6.92 Å². The second-order valence-electron chi connectivity index (χ2n) is 9.81. The standard InChI is InChI=1S/C26H35N3O6S/c1-7-36(32,33)29(21-12-13-22-23(14-21)35-17-34-22)16-24(30)28(15-20-11-9-8-10-18(20)2)19(3)25(31)27-26(4,5)6/h8-14,19H,7,15-17H2,1-6H3,(H,27,31)/t19-/m0/s1. The summed E-state index contributed by atoms with van der Waals surface area (Å²) in [6.45, 7) is 10.4. The number of rotatable bonds is 9. The summed E-state index contributed by atoms with van der Waals surface area (Å²) in [5.74, 6) is -0.104. The number of amides is 2. The quantitative estimate of drug-likeness (QED) is 0.548. The first-order chi connectivity index (χ1) is 16.8. The number of hydrogen-bond donors (Lipinski definition) is 1. The Labute approximate surface area is 213 Å². The van der Waals surface area contributed by atoms with Gasteiger partial charge in [0.15, 0.2) is 11.5 Å². The SMILES string of the molecule is CCS(=O)(=O)N(CC(=O)N(Cc1ccccc1C)[C@@H](C)C(=O)NC(C)(C)C)c1ccc2c(c1)OCO2. The van der Waals surface area contributed by atoms with Gasteiger partial charge in [-0.3, -0.25) is 13.9 Å². The zero-order valence-electron chi connectivity index (χ0n) is 21.7. The molecular formula is C26H35N3O6S. The van der Waals surface area contributed by atoms with Gasteiger partial charge in [0, 0.05) is 18.2 Å². The molecule has 0 bridgehead atoms. The molecule has 36 heavy (non-hydrogen) atoms. The van der Waals surface area contributed by atoms with E-state index in [1.807, 2.05) is 52.0 Å². The fraction of sp³-hybridized carbons (Fsp3) is 0.462. The van der Waals surface area contributed by atoms with E-state index < -0.39 is 34.1 Å². The summed E-state index contributed by atoms with van der Waals surface area (Å²) in [6, 6.07) is 11.5. The highest BCUT2D eigenvalue weighted by Gasteiger charge is 2.32. The van der Waals surface area contributed by atoms with Crippen LogP contribution in [0.25, 0.3) is 0 Å². The highest BCUT2D eigenvalue weighted by Crippen LogP contribution is 2.36. The van der Waals surface area contributed by atoms with E-state index in [1.54, 1.807) is 25.1 Å². The van der Waals surface area contributed by atoms with Crippen LogP contribution >= 0.6 is 0 Å². The zero-order chi connectivity index (χ0) is 26.7. The molecule has 0 aliphatic carbocycles. The summed E-state index contributed by atoms with van der Waals surface area (Å²) < 4.78 is 37.9. The van der Waals surface area contributed by atoms with Crippen molar-refractivity contribution in [2.24, 2.45) is 0 Å². The molecule has 0 spiro atoms. The van der Waals surface area contributed by atoms with E-state index in [0.29, 0.717) is 11.5 Å². The van der Waals surface area contributed by atoms with Gasteiger partial charge in [0.1, 0.15) is 12.6 Å². The molecule has 0 saturated carbocycles. The van der Waals surface area contributed by atoms with Crippen LogP contribution in [0.1, 0.15) is 45.7 Å². The Bertz CT molecular complexity index is 1220. The number of nitrogens with one attached hydrogen (secondary N) is 1. The molecule has 9 nitrogen and oxygen atoms in total. The van der Waals surface area contributed by atoms with Crippen LogP contribution in [-0.2, 0) is 26.2 Å². The van der Waals surface area contributed by atoms with Crippen molar-refractivity contribution in [3.63, 3.8) is 0 Å². The predicted octanol–water partition coefficient (Wildman–Crippen LogP) is 3.21. The van der Waals surface area contributed by atoms with Crippen LogP contribution in [0.15, 0.2) is 42.5 Å². The highest BCUT2D eigenvalue weighted by atomic mass is 32.2. The molecule has 1 aliphatic rings. The molecule has 2 amide bonds. The van der Waals surface area contributed by atoms with Crippen molar-refractivity contribution >= 4 is 27.5 Å². The predicted molar refractivity (Wildman–Crippen MR) is 138 cm³/mol.